The predicted octanol–water partition coefficient (Wildman–Crippen LogP) is 4.86. The number of hydrogen-bond acceptors (Lipinski definition) is 3. The zero-order valence-electron chi connectivity index (χ0n) is 15.7. The maximum absolute atomic E-state index is 13.4. The summed E-state index contributed by atoms with van der Waals surface area (Å²) in [4.78, 5) is 12.4. The van der Waals surface area contributed by atoms with Crippen molar-refractivity contribution in [2.24, 2.45) is 23.2 Å². The number of rotatable bonds is 4. The quantitative estimate of drug-likeness (QED) is 0.725. The number of halogens is 3. The minimum Gasteiger partial charge on any atom is -0.462 e. The lowest BCUT2D eigenvalue weighted by Crippen LogP contribution is -2.55. The summed E-state index contributed by atoms with van der Waals surface area (Å²) in [6.45, 7) is 6.47. The third kappa shape index (κ3) is 3.99. The summed E-state index contributed by atoms with van der Waals surface area (Å²) >= 11 is 0. The van der Waals surface area contributed by atoms with Crippen molar-refractivity contribution < 1.29 is 27.8 Å². The molecule has 3 nitrogen and oxygen atoms in total. The van der Waals surface area contributed by atoms with E-state index in [4.69, 9.17) is 4.74 Å². The molecule has 0 aromatic rings. The Morgan fingerprint density at radius 1 is 1.04 bits per heavy atom. The minimum atomic E-state index is -4.65. The van der Waals surface area contributed by atoms with Crippen LogP contribution in [0.2, 0.25) is 0 Å². The second-order valence-electron chi connectivity index (χ2n) is 8.62. The summed E-state index contributed by atoms with van der Waals surface area (Å²) in [7, 11) is 0. The molecule has 0 aliphatic heterocycles. The Labute approximate surface area is 148 Å². The van der Waals surface area contributed by atoms with Gasteiger partial charge in [-0.3, -0.25) is 4.79 Å². The van der Waals surface area contributed by atoms with Crippen LogP contribution in [0.5, 0.6) is 0 Å². The second-order valence-corrected chi connectivity index (χ2v) is 8.62. The van der Waals surface area contributed by atoms with Gasteiger partial charge in [0.2, 0.25) is 0 Å². The Kier molecular flexibility index (Phi) is 5.82. The number of carbonyl (C=O) groups is 1. The molecule has 2 saturated carbocycles. The maximum atomic E-state index is 13.4. The van der Waals surface area contributed by atoms with Crippen LogP contribution in [0.1, 0.15) is 72.6 Å². The Balaban J connectivity index is 2.18. The van der Waals surface area contributed by atoms with E-state index in [1.54, 1.807) is 0 Å². The number of hydrogen-bond donors (Lipinski definition) is 1. The third-order valence-electron chi connectivity index (χ3n) is 6.61. The second kappa shape index (κ2) is 7.09. The van der Waals surface area contributed by atoms with Crippen molar-refractivity contribution in [3.63, 3.8) is 0 Å². The molecule has 0 aromatic carbocycles. The molecule has 2 fully saturated rings. The van der Waals surface area contributed by atoms with Crippen LogP contribution in [0.4, 0.5) is 13.2 Å². The van der Waals surface area contributed by atoms with Crippen molar-refractivity contribution >= 4 is 5.97 Å². The van der Waals surface area contributed by atoms with Gasteiger partial charge in [-0.05, 0) is 77.0 Å². The summed E-state index contributed by atoms with van der Waals surface area (Å²) in [6.07, 6.45) is -0.469. The van der Waals surface area contributed by atoms with Gasteiger partial charge in [-0.2, -0.15) is 13.2 Å². The lowest BCUT2D eigenvalue weighted by atomic mass is 9.60. The topological polar surface area (TPSA) is 46.5 Å². The molecule has 0 saturated heterocycles. The lowest BCUT2D eigenvalue weighted by Gasteiger charge is -2.49. The standard InChI is InChI=1S/C19H31F3O3/c1-5-17(2,3)16(23)25-15-11-7-8-12-13(15)9-6-10-14(12)18(4,24)19(20,21)22/h12-15,24H,5-11H2,1-4H3. The summed E-state index contributed by atoms with van der Waals surface area (Å²) in [5.74, 6) is -1.43. The average Bonchev–Trinajstić information content (AvgIpc) is 2.53. The van der Waals surface area contributed by atoms with Crippen molar-refractivity contribution in [3.05, 3.63) is 0 Å². The molecule has 0 aromatic heterocycles. The van der Waals surface area contributed by atoms with Gasteiger partial charge in [0.15, 0.2) is 5.60 Å². The van der Waals surface area contributed by atoms with Crippen molar-refractivity contribution in [1.82, 2.24) is 0 Å². The molecule has 25 heavy (non-hydrogen) atoms. The Morgan fingerprint density at radius 3 is 2.16 bits per heavy atom. The van der Waals surface area contributed by atoms with E-state index in [2.05, 4.69) is 0 Å². The van der Waals surface area contributed by atoms with E-state index in [9.17, 15) is 23.1 Å². The molecule has 2 aliphatic rings. The molecule has 2 aliphatic carbocycles. The molecule has 2 rings (SSSR count). The highest BCUT2D eigenvalue weighted by molar-refractivity contribution is 5.76. The van der Waals surface area contributed by atoms with Gasteiger partial charge in [0.1, 0.15) is 6.10 Å². The fraction of sp³-hybridized carbons (Fsp3) is 0.947. The Bertz CT molecular complexity index is 485. The SMILES string of the molecule is CCC(C)(C)C(=O)OC1CCCC2C1CCCC2C(C)(O)C(F)(F)F. The van der Waals surface area contributed by atoms with Gasteiger partial charge in [-0.25, -0.2) is 0 Å². The first-order chi connectivity index (χ1) is 11.4. The fourth-order valence-corrected chi connectivity index (χ4v) is 4.44. The van der Waals surface area contributed by atoms with Crippen LogP contribution in [0.3, 0.4) is 0 Å². The molecule has 0 heterocycles. The highest BCUT2D eigenvalue weighted by Crippen LogP contribution is 2.52. The van der Waals surface area contributed by atoms with E-state index in [1.807, 2.05) is 20.8 Å². The summed E-state index contributed by atoms with van der Waals surface area (Å²) in [5.41, 5.74) is -3.27. The number of ether oxygens (including phenoxy) is 1. The zero-order valence-corrected chi connectivity index (χ0v) is 15.7. The molecule has 0 radical (unpaired) electrons. The Morgan fingerprint density at radius 2 is 1.60 bits per heavy atom. The molecule has 0 bridgehead atoms. The molecule has 146 valence electrons. The lowest BCUT2D eigenvalue weighted by molar-refractivity contribution is -0.286. The van der Waals surface area contributed by atoms with Gasteiger partial charge < -0.3 is 9.84 Å². The van der Waals surface area contributed by atoms with Crippen LogP contribution in [0.15, 0.2) is 0 Å². The highest BCUT2D eigenvalue weighted by atomic mass is 19.4. The van der Waals surface area contributed by atoms with Crippen LogP contribution < -0.4 is 0 Å². The molecule has 0 amide bonds. The molecular formula is C19H31F3O3. The molecule has 5 atom stereocenters. The first kappa shape index (κ1) is 20.5. The van der Waals surface area contributed by atoms with Crippen molar-refractivity contribution in [1.29, 1.82) is 0 Å². The molecule has 5 unspecified atom stereocenters. The average molecular weight is 364 g/mol. The van der Waals surface area contributed by atoms with Gasteiger partial charge in [-0.1, -0.05) is 13.3 Å². The summed E-state index contributed by atoms with van der Waals surface area (Å²) in [5, 5.41) is 10.2. The van der Waals surface area contributed by atoms with Crippen LogP contribution in [-0.4, -0.2) is 29.0 Å². The van der Waals surface area contributed by atoms with Gasteiger partial charge in [0.05, 0.1) is 5.41 Å². The number of carbonyl (C=O) groups excluding carboxylic acids is 1. The molecule has 6 heteroatoms. The molecule has 1 N–H and O–H groups in total. The first-order valence-corrected chi connectivity index (χ1v) is 9.42. The Hall–Kier alpha value is -0.780. The highest BCUT2D eigenvalue weighted by Gasteiger charge is 2.59. The summed E-state index contributed by atoms with van der Waals surface area (Å²) < 4.78 is 45.8. The monoisotopic (exact) mass is 364 g/mol. The van der Waals surface area contributed by atoms with E-state index in [0.717, 1.165) is 19.8 Å². The summed E-state index contributed by atoms with van der Waals surface area (Å²) in [6, 6.07) is 0. The van der Waals surface area contributed by atoms with Gasteiger partial charge in [0, 0.05) is 0 Å². The van der Waals surface area contributed by atoms with Crippen LogP contribution in [0, 0.1) is 23.2 Å². The third-order valence-corrected chi connectivity index (χ3v) is 6.61. The van der Waals surface area contributed by atoms with E-state index in [-0.39, 0.29) is 23.9 Å². The smallest absolute Gasteiger partial charge is 0.417 e. The number of alkyl halides is 3. The zero-order chi connectivity index (χ0) is 19.0. The van der Waals surface area contributed by atoms with E-state index in [0.29, 0.717) is 32.1 Å². The molecular weight excluding hydrogens is 333 g/mol. The van der Waals surface area contributed by atoms with E-state index >= 15 is 0 Å². The minimum absolute atomic E-state index is 0.0852. The number of fused-ring (bicyclic) bond motifs is 1. The van der Waals surface area contributed by atoms with Crippen LogP contribution in [-0.2, 0) is 9.53 Å². The normalized spacial score (nSPS) is 33.3. The number of aliphatic hydroxyl groups is 1. The van der Waals surface area contributed by atoms with E-state index < -0.39 is 23.1 Å². The van der Waals surface area contributed by atoms with E-state index in [1.165, 1.54) is 0 Å². The van der Waals surface area contributed by atoms with Crippen LogP contribution in [0.25, 0.3) is 0 Å². The number of esters is 1. The van der Waals surface area contributed by atoms with Gasteiger partial charge in [-0.15, -0.1) is 0 Å². The molecule has 0 spiro atoms. The van der Waals surface area contributed by atoms with Crippen LogP contribution >= 0.6 is 0 Å². The first-order valence-electron chi connectivity index (χ1n) is 9.42. The van der Waals surface area contributed by atoms with Gasteiger partial charge in [0.25, 0.3) is 0 Å². The van der Waals surface area contributed by atoms with Gasteiger partial charge >= 0.3 is 12.1 Å². The predicted molar refractivity (Wildman–Crippen MR) is 88.8 cm³/mol. The van der Waals surface area contributed by atoms with Crippen molar-refractivity contribution in [2.75, 3.05) is 0 Å². The van der Waals surface area contributed by atoms with Crippen molar-refractivity contribution in [2.45, 2.75) is 90.5 Å². The largest absolute Gasteiger partial charge is 0.462 e. The van der Waals surface area contributed by atoms with Crippen molar-refractivity contribution in [3.8, 4) is 0 Å². The maximum Gasteiger partial charge on any atom is 0.417 e. The fourth-order valence-electron chi connectivity index (χ4n) is 4.44.